The van der Waals surface area contributed by atoms with Crippen molar-refractivity contribution >= 4 is 38.3 Å². The van der Waals surface area contributed by atoms with Gasteiger partial charge in [-0.3, -0.25) is 9.59 Å². The lowest BCUT2D eigenvalue weighted by Crippen LogP contribution is -2.54. The topological polar surface area (TPSA) is 139 Å². The van der Waals surface area contributed by atoms with E-state index in [4.69, 9.17) is 0 Å². The van der Waals surface area contributed by atoms with E-state index in [1.807, 2.05) is 79.8 Å². The highest BCUT2D eigenvalue weighted by molar-refractivity contribution is 7.89. The quantitative estimate of drug-likeness (QED) is 0.166. The molecule has 5 aromatic carbocycles. The van der Waals surface area contributed by atoms with Gasteiger partial charge in [-0.15, -0.1) is 0 Å². The van der Waals surface area contributed by atoms with Crippen molar-refractivity contribution in [2.75, 3.05) is 38.5 Å². The molecule has 11 heteroatoms. The second kappa shape index (κ2) is 13.9. The van der Waals surface area contributed by atoms with Gasteiger partial charge in [-0.1, -0.05) is 66.7 Å². The summed E-state index contributed by atoms with van der Waals surface area (Å²) >= 11 is 0. The van der Waals surface area contributed by atoms with Crippen molar-refractivity contribution in [2.24, 2.45) is 0 Å². The van der Waals surface area contributed by atoms with Crippen LogP contribution in [0.4, 0.5) is 5.69 Å². The van der Waals surface area contributed by atoms with Crippen LogP contribution < -0.4 is 10.0 Å². The van der Waals surface area contributed by atoms with Gasteiger partial charge in [0.2, 0.25) is 15.9 Å². The minimum absolute atomic E-state index is 0.0801. The molecule has 1 unspecified atom stereocenters. The van der Waals surface area contributed by atoms with Gasteiger partial charge in [0.1, 0.15) is 6.04 Å². The molecule has 1 aliphatic rings. The summed E-state index contributed by atoms with van der Waals surface area (Å²) in [7, 11) is -2.15. The van der Waals surface area contributed by atoms with Gasteiger partial charge in [-0.25, -0.2) is 8.42 Å². The zero-order valence-corrected chi connectivity index (χ0v) is 27.2. The monoisotopic (exact) mass is 664 g/mol. The van der Waals surface area contributed by atoms with Crippen LogP contribution in [-0.2, 0) is 21.2 Å². The standard InChI is InChI=1S/C37H36N4O6S/c1-40-17-19-41(20-18-40)37(45)33(21-25-7-3-2-4-8-25)39-48(46,47)31-15-13-30(14-16-31)38-36(44)32-23-29(24-34(42)35(32)43)28-12-11-26-9-5-6-10-27(26)22-28/h2-16,22-24,33,39,42-43H,17-21H2,1H3,(H,38,44). The number of aromatic hydroxyl groups is 2. The van der Waals surface area contributed by atoms with E-state index in [1.165, 1.54) is 36.4 Å². The Morgan fingerprint density at radius 3 is 2.15 bits per heavy atom. The third-order valence-electron chi connectivity index (χ3n) is 8.53. The number of hydrogen-bond donors (Lipinski definition) is 4. The number of nitrogens with zero attached hydrogens (tertiary/aromatic N) is 2. The first-order valence-electron chi connectivity index (χ1n) is 15.6. The summed E-state index contributed by atoms with van der Waals surface area (Å²) < 4.78 is 29.7. The number of phenolic OH excluding ortho intramolecular Hbond substituents is 2. The maximum atomic E-state index is 13.5. The normalized spacial score (nSPS) is 14.5. The number of nitrogens with one attached hydrogen (secondary N) is 2. The molecular formula is C37H36N4O6S. The molecule has 0 aromatic heterocycles. The molecule has 0 radical (unpaired) electrons. The molecular weight excluding hydrogens is 628 g/mol. The molecule has 48 heavy (non-hydrogen) atoms. The van der Waals surface area contributed by atoms with Crippen molar-refractivity contribution in [1.29, 1.82) is 0 Å². The Bertz CT molecular complexity index is 2060. The number of carbonyl (C=O) groups is 2. The molecule has 1 heterocycles. The van der Waals surface area contributed by atoms with Crippen LogP contribution >= 0.6 is 0 Å². The number of carbonyl (C=O) groups excluding carboxylic acids is 2. The first kappa shape index (κ1) is 32.7. The van der Waals surface area contributed by atoms with Crippen molar-refractivity contribution in [3.05, 3.63) is 120 Å². The van der Waals surface area contributed by atoms with E-state index in [0.29, 0.717) is 31.7 Å². The average molecular weight is 665 g/mol. The summed E-state index contributed by atoms with van der Waals surface area (Å²) in [4.78, 5) is 30.5. The number of amides is 2. The summed E-state index contributed by atoms with van der Waals surface area (Å²) in [5.74, 6) is -2.00. The minimum atomic E-state index is -4.13. The fourth-order valence-corrected chi connectivity index (χ4v) is 6.96. The number of benzene rings is 5. The second-order valence-corrected chi connectivity index (χ2v) is 13.6. The summed E-state index contributed by atoms with van der Waals surface area (Å²) in [6.07, 6.45) is 0.188. The number of rotatable bonds is 9. The Morgan fingerprint density at radius 2 is 1.44 bits per heavy atom. The molecule has 0 bridgehead atoms. The Kier molecular flexibility index (Phi) is 9.44. The highest BCUT2D eigenvalue weighted by Crippen LogP contribution is 2.36. The van der Waals surface area contributed by atoms with E-state index >= 15 is 0 Å². The van der Waals surface area contributed by atoms with Crippen LogP contribution in [0.2, 0.25) is 0 Å². The van der Waals surface area contributed by atoms with Gasteiger partial charge in [0.15, 0.2) is 11.5 Å². The van der Waals surface area contributed by atoms with Gasteiger partial charge >= 0.3 is 0 Å². The van der Waals surface area contributed by atoms with Crippen LogP contribution in [0.1, 0.15) is 15.9 Å². The molecule has 1 aliphatic heterocycles. The highest BCUT2D eigenvalue weighted by atomic mass is 32.2. The van der Waals surface area contributed by atoms with E-state index in [2.05, 4.69) is 14.9 Å². The lowest BCUT2D eigenvalue weighted by molar-refractivity contribution is -0.134. The van der Waals surface area contributed by atoms with E-state index in [1.54, 1.807) is 4.90 Å². The van der Waals surface area contributed by atoms with Crippen LogP contribution in [0.25, 0.3) is 21.9 Å². The maximum absolute atomic E-state index is 13.5. The summed E-state index contributed by atoms with van der Waals surface area (Å²) in [6, 6.07) is 30.2. The van der Waals surface area contributed by atoms with E-state index in [0.717, 1.165) is 21.9 Å². The molecule has 1 saturated heterocycles. The zero-order valence-electron chi connectivity index (χ0n) is 26.3. The Hall–Kier alpha value is -5.23. The van der Waals surface area contributed by atoms with Crippen LogP contribution in [-0.4, -0.2) is 79.5 Å². The van der Waals surface area contributed by atoms with E-state index in [9.17, 15) is 28.2 Å². The molecule has 4 N–H and O–H groups in total. The molecule has 5 aromatic rings. The van der Waals surface area contributed by atoms with E-state index in [-0.39, 0.29) is 28.5 Å². The van der Waals surface area contributed by atoms with Crippen LogP contribution in [0, 0.1) is 0 Å². The smallest absolute Gasteiger partial charge is 0.259 e. The number of anilines is 1. The van der Waals surface area contributed by atoms with Crippen molar-refractivity contribution in [3.8, 4) is 22.6 Å². The summed E-state index contributed by atoms with van der Waals surface area (Å²) in [5.41, 5.74) is 2.22. The minimum Gasteiger partial charge on any atom is -0.504 e. The third-order valence-corrected chi connectivity index (χ3v) is 10.0. The van der Waals surface area contributed by atoms with Gasteiger partial charge in [-0.05, 0) is 83.4 Å². The Labute approximate surface area is 279 Å². The van der Waals surface area contributed by atoms with Gasteiger partial charge in [0.05, 0.1) is 10.5 Å². The molecule has 1 fully saturated rings. The van der Waals surface area contributed by atoms with Crippen LogP contribution in [0.15, 0.2) is 114 Å². The number of fused-ring (bicyclic) bond motifs is 1. The van der Waals surface area contributed by atoms with Crippen LogP contribution in [0.5, 0.6) is 11.5 Å². The Balaban J connectivity index is 1.19. The maximum Gasteiger partial charge on any atom is 0.259 e. The van der Waals surface area contributed by atoms with Gasteiger partial charge < -0.3 is 25.3 Å². The molecule has 0 aliphatic carbocycles. The molecule has 2 amide bonds. The second-order valence-electron chi connectivity index (χ2n) is 11.9. The lowest BCUT2D eigenvalue weighted by atomic mass is 9.98. The van der Waals surface area contributed by atoms with Gasteiger partial charge in [0, 0.05) is 31.9 Å². The third kappa shape index (κ3) is 7.33. The lowest BCUT2D eigenvalue weighted by Gasteiger charge is -2.34. The fraction of sp³-hybridized carbons (Fsp3) is 0.189. The summed E-state index contributed by atoms with van der Waals surface area (Å²) in [5, 5.41) is 25.7. The average Bonchev–Trinajstić information content (AvgIpc) is 3.09. The van der Waals surface area contributed by atoms with Crippen molar-refractivity contribution in [2.45, 2.75) is 17.4 Å². The molecule has 6 rings (SSSR count). The predicted molar refractivity (Wildman–Crippen MR) is 185 cm³/mol. The van der Waals surface area contributed by atoms with Crippen molar-refractivity contribution in [3.63, 3.8) is 0 Å². The SMILES string of the molecule is CN1CCN(C(=O)C(Cc2ccccc2)NS(=O)(=O)c2ccc(NC(=O)c3cc(-c4ccc5ccccc5c4)cc(O)c3O)cc2)CC1. The number of hydrogen-bond acceptors (Lipinski definition) is 7. The zero-order chi connectivity index (χ0) is 33.8. The predicted octanol–water partition coefficient (Wildman–Crippen LogP) is 4.83. The first-order chi connectivity index (χ1) is 23.1. The number of likely N-dealkylation sites (N-methyl/N-ethyl adjacent to an activating group) is 1. The fourth-order valence-electron chi connectivity index (χ4n) is 5.78. The van der Waals surface area contributed by atoms with E-state index < -0.39 is 33.5 Å². The molecule has 1 atom stereocenters. The van der Waals surface area contributed by atoms with Gasteiger partial charge in [-0.2, -0.15) is 4.72 Å². The number of sulfonamides is 1. The molecule has 246 valence electrons. The highest BCUT2D eigenvalue weighted by Gasteiger charge is 2.31. The van der Waals surface area contributed by atoms with Crippen molar-refractivity contribution < 1.29 is 28.2 Å². The first-order valence-corrected chi connectivity index (χ1v) is 17.1. The number of piperazine rings is 1. The van der Waals surface area contributed by atoms with Gasteiger partial charge in [0.25, 0.3) is 5.91 Å². The number of phenols is 2. The van der Waals surface area contributed by atoms with Crippen molar-refractivity contribution in [1.82, 2.24) is 14.5 Å². The summed E-state index contributed by atoms with van der Waals surface area (Å²) in [6.45, 7) is 2.42. The molecule has 0 saturated carbocycles. The largest absolute Gasteiger partial charge is 0.504 e. The molecule has 10 nitrogen and oxygen atoms in total. The molecule has 0 spiro atoms. The Morgan fingerprint density at radius 1 is 0.771 bits per heavy atom. The van der Waals surface area contributed by atoms with Crippen LogP contribution in [0.3, 0.4) is 0 Å².